The molecular formula is C15H24N2O. The van der Waals surface area contributed by atoms with E-state index in [1.165, 1.54) is 18.4 Å². The largest absolute Gasteiger partial charge is 0.497 e. The topological polar surface area (TPSA) is 38.5 Å². The van der Waals surface area contributed by atoms with Crippen LogP contribution < -0.4 is 10.5 Å². The first kappa shape index (κ1) is 13.4. The minimum atomic E-state index is 0.326. The van der Waals surface area contributed by atoms with Crippen molar-refractivity contribution >= 4 is 0 Å². The van der Waals surface area contributed by atoms with E-state index in [-0.39, 0.29) is 0 Å². The number of rotatable bonds is 4. The summed E-state index contributed by atoms with van der Waals surface area (Å²) in [6.45, 7) is 5.31. The molecule has 1 atom stereocenters. The number of hydrogen-bond donors (Lipinski definition) is 1. The van der Waals surface area contributed by atoms with E-state index in [9.17, 15) is 0 Å². The minimum absolute atomic E-state index is 0.326. The Bertz CT molecular complexity index is 373. The average Bonchev–Trinajstić information content (AvgIpc) is 2.42. The molecule has 3 nitrogen and oxygen atoms in total. The quantitative estimate of drug-likeness (QED) is 0.889. The normalized spacial score (nSPS) is 19.7. The minimum Gasteiger partial charge on any atom is -0.497 e. The number of piperidine rings is 1. The standard InChI is InChI=1S/C15H24N2O/c1-12-6-8-17(9-7-12)15(11-16)13-4-3-5-14(10-13)18-2/h3-5,10,12,15H,6-9,11,16H2,1-2H3. The van der Waals surface area contributed by atoms with Crippen LogP contribution in [0.1, 0.15) is 31.4 Å². The average molecular weight is 248 g/mol. The number of methoxy groups -OCH3 is 1. The summed E-state index contributed by atoms with van der Waals surface area (Å²) in [5, 5.41) is 0. The number of nitrogens with two attached hydrogens (primary N) is 1. The maximum Gasteiger partial charge on any atom is 0.119 e. The van der Waals surface area contributed by atoms with Crippen molar-refractivity contribution in [3.63, 3.8) is 0 Å². The van der Waals surface area contributed by atoms with E-state index < -0.39 is 0 Å². The summed E-state index contributed by atoms with van der Waals surface area (Å²) in [6.07, 6.45) is 2.56. The number of ether oxygens (including phenoxy) is 1. The lowest BCUT2D eigenvalue weighted by atomic mass is 9.96. The molecular weight excluding hydrogens is 224 g/mol. The Hall–Kier alpha value is -1.06. The highest BCUT2D eigenvalue weighted by Gasteiger charge is 2.23. The van der Waals surface area contributed by atoms with E-state index in [4.69, 9.17) is 10.5 Å². The van der Waals surface area contributed by atoms with Crippen LogP contribution in [0.5, 0.6) is 5.75 Å². The first-order valence-corrected chi connectivity index (χ1v) is 6.82. The van der Waals surface area contributed by atoms with Crippen LogP contribution in [0, 0.1) is 5.92 Å². The van der Waals surface area contributed by atoms with Crippen LogP contribution in [-0.4, -0.2) is 31.6 Å². The van der Waals surface area contributed by atoms with Crippen molar-refractivity contribution in [2.24, 2.45) is 11.7 Å². The summed E-state index contributed by atoms with van der Waals surface area (Å²) in [6, 6.07) is 8.61. The van der Waals surface area contributed by atoms with Crippen LogP contribution in [0.4, 0.5) is 0 Å². The van der Waals surface area contributed by atoms with Gasteiger partial charge in [0, 0.05) is 12.6 Å². The van der Waals surface area contributed by atoms with Gasteiger partial charge in [-0.25, -0.2) is 0 Å². The van der Waals surface area contributed by atoms with E-state index in [2.05, 4.69) is 24.0 Å². The second-order valence-corrected chi connectivity index (χ2v) is 5.25. The van der Waals surface area contributed by atoms with Gasteiger partial charge < -0.3 is 10.5 Å². The maximum atomic E-state index is 5.98. The highest BCUT2D eigenvalue weighted by Crippen LogP contribution is 2.27. The molecule has 1 aromatic rings. The van der Waals surface area contributed by atoms with Crippen LogP contribution in [0.2, 0.25) is 0 Å². The van der Waals surface area contributed by atoms with E-state index in [1.54, 1.807) is 7.11 Å². The third kappa shape index (κ3) is 3.03. The smallest absolute Gasteiger partial charge is 0.119 e. The van der Waals surface area contributed by atoms with Crippen molar-refractivity contribution in [2.45, 2.75) is 25.8 Å². The lowest BCUT2D eigenvalue weighted by molar-refractivity contribution is 0.141. The van der Waals surface area contributed by atoms with Gasteiger partial charge in [0.25, 0.3) is 0 Å². The number of benzene rings is 1. The zero-order chi connectivity index (χ0) is 13.0. The Morgan fingerprint density at radius 1 is 1.39 bits per heavy atom. The highest BCUT2D eigenvalue weighted by atomic mass is 16.5. The molecule has 0 aromatic heterocycles. The highest BCUT2D eigenvalue weighted by molar-refractivity contribution is 5.30. The fraction of sp³-hybridized carbons (Fsp3) is 0.600. The van der Waals surface area contributed by atoms with Gasteiger partial charge in [-0.05, 0) is 49.5 Å². The lowest BCUT2D eigenvalue weighted by Gasteiger charge is -2.36. The van der Waals surface area contributed by atoms with Crippen LogP contribution in [-0.2, 0) is 0 Å². The van der Waals surface area contributed by atoms with Crippen LogP contribution in [0.3, 0.4) is 0 Å². The fourth-order valence-corrected chi connectivity index (χ4v) is 2.68. The summed E-state index contributed by atoms with van der Waals surface area (Å²) >= 11 is 0. The summed E-state index contributed by atoms with van der Waals surface area (Å²) < 4.78 is 5.29. The van der Waals surface area contributed by atoms with E-state index in [1.807, 2.05) is 12.1 Å². The Labute approximate surface area is 110 Å². The van der Waals surface area contributed by atoms with Crippen molar-refractivity contribution in [1.29, 1.82) is 0 Å². The van der Waals surface area contributed by atoms with Crippen LogP contribution in [0.25, 0.3) is 0 Å². The predicted molar refractivity (Wildman–Crippen MR) is 74.8 cm³/mol. The SMILES string of the molecule is COc1cccc(C(CN)N2CCC(C)CC2)c1. The molecule has 1 aliphatic heterocycles. The van der Waals surface area contributed by atoms with Gasteiger partial charge in [0.15, 0.2) is 0 Å². The van der Waals surface area contributed by atoms with Gasteiger partial charge in [-0.15, -0.1) is 0 Å². The van der Waals surface area contributed by atoms with Crippen molar-refractivity contribution in [1.82, 2.24) is 4.90 Å². The predicted octanol–water partition coefficient (Wildman–Crippen LogP) is 2.43. The summed E-state index contributed by atoms with van der Waals surface area (Å²) in [5.41, 5.74) is 7.25. The van der Waals surface area contributed by atoms with Gasteiger partial charge in [0.05, 0.1) is 7.11 Å². The molecule has 1 saturated heterocycles. The molecule has 0 amide bonds. The molecule has 2 N–H and O–H groups in total. The Morgan fingerprint density at radius 3 is 2.72 bits per heavy atom. The molecule has 0 aliphatic carbocycles. The first-order valence-electron chi connectivity index (χ1n) is 6.82. The fourth-order valence-electron chi connectivity index (χ4n) is 2.68. The molecule has 18 heavy (non-hydrogen) atoms. The van der Waals surface area contributed by atoms with Crippen molar-refractivity contribution in [3.05, 3.63) is 29.8 Å². The number of likely N-dealkylation sites (tertiary alicyclic amines) is 1. The maximum absolute atomic E-state index is 5.98. The molecule has 1 unspecified atom stereocenters. The molecule has 3 heteroatoms. The van der Waals surface area contributed by atoms with Gasteiger partial charge in [0.1, 0.15) is 5.75 Å². The molecule has 1 aliphatic rings. The second kappa shape index (κ2) is 6.21. The zero-order valence-corrected chi connectivity index (χ0v) is 11.4. The first-order chi connectivity index (χ1) is 8.74. The van der Waals surface area contributed by atoms with Crippen LogP contribution >= 0.6 is 0 Å². The molecule has 0 spiro atoms. The van der Waals surface area contributed by atoms with Gasteiger partial charge in [0.2, 0.25) is 0 Å². The van der Waals surface area contributed by atoms with Gasteiger partial charge in [-0.2, -0.15) is 0 Å². The van der Waals surface area contributed by atoms with E-state index >= 15 is 0 Å². The van der Waals surface area contributed by atoms with Gasteiger partial charge in [-0.1, -0.05) is 19.1 Å². The van der Waals surface area contributed by atoms with Crippen molar-refractivity contribution < 1.29 is 4.74 Å². The van der Waals surface area contributed by atoms with Crippen molar-refractivity contribution in [3.8, 4) is 5.75 Å². The third-order valence-corrected chi connectivity index (χ3v) is 3.96. The zero-order valence-electron chi connectivity index (χ0n) is 11.4. The molecule has 2 rings (SSSR count). The Morgan fingerprint density at radius 2 is 2.11 bits per heavy atom. The monoisotopic (exact) mass is 248 g/mol. The summed E-state index contributed by atoms with van der Waals surface area (Å²) in [4.78, 5) is 2.51. The molecule has 1 heterocycles. The Balaban J connectivity index is 2.11. The van der Waals surface area contributed by atoms with Gasteiger partial charge >= 0.3 is 0 Å². The molecule has 0 bridgehead atoms. The second-order valence-electron chi connectivity index (χ2n) is 5.25. The molecule has 0 saturated carbocycles. The molecule has 0 radical (unpaired) electrons. The molecule has 100 valence electrons. The number of nitrogens with zero attached hydrogens (tertiary/aromatic N) is 1. The summed E-state index contributed by atoms with van der Waals surface area (Å²) in [7, 11) is 1.71. The summed E-state index contributed by atoms with van der Waals surface area (Å²) in [5.74, 6) is 1.77. The van der Waals surface area contributed by atoms with E-state index in [0.29, 0.717) is 12.6 Å². The molecule has 1 aromatic carbocycles. The lowest BCUT2D eigenvalue weighted by Crippen LogP contribution is -2.39. The van der Waals surface area contributed by atoms with E-state index in [0.717, 1.165) is 24.8 Å². The van der Waals surface area contributed by atoms with Crippen LogP contribution in [0.15, 0.2) is 24.3 Å². The Kier molecular flexibility index (Phi) is 4.61. The third-order valence-electron chi connectivity index (χ3n) is 3.96. The molecule has 1 fully saturated rings. The van der Waals surface area contributed by atoms with Gasteiger partial charge in [-0.3, -0.25) is 4.90 Å². The van der Waals surface area contributed by atoms with Crippen molar-refractivity contribution in [2.75, 3.05) is 26.7 Å². The number of hydrogen-bond acceptors (Lipinski definition) is 3.